The molecule has 2 saturated heterocycles. The van der Waals surface area contributed by atoms with E-state index in [0.717, 1.165) is 32.2 Å². The monoisotopic (exact) mass is 226 g/mol. The fourth-order valence-corrected chi connectivity index (χ4v) is 2.86. The van der Waals surface area contributed by atoms with Gasteiger partial charge < -0.3 is 9.64 Å². The largest absolute Gasteiger partial charge is 0.379 e. The Morgan fingerprint density at radius 3 is 2.06 bits per heavy atom. The van der Waals surface area contributed by atoms with Crippen LogP contribution in [0.25, 0.3) is 0 Å². The molecule has 2 heterocycles. The van der Waals surface area contributed by atoms with E-state index in [1.807, 2.05) is 0 Å². The standard InChI is InChI=1S/C13H26N2O/c1-13(11-14-5-3-2-4-6-14)12-15-7-9-16-10-8-15/h13H,2-12H2,1H3. The summed E-state index contributed by atoms with van der Waals surface area (Å²) in [6.07, 6.45) is 4.25. The van der Waals surface area contributed by atoms with E-state index in [9.17, 15) is 0 Å². The fraction of sp³-hybridized carbons (Fsp3) is 1.00. The molecule has 1 atom stereocenters. The molecule has 0 N–H and O–H groups in total. The molecule has 0 bridgehead atoms. The molecule has 0 spiro atoms. The zero-order valence-electron chi connectivity index (χ0n) is 10.7. The minimum Gasteiger partial charge on any atom is -0.379 e. The summed E-state index contributed by atoms with van der Waals surface area (Å²) in [6, 6.07) is 0. The molecule has 2 aliphatic rings. The van der Waals surface area contributed by atoms with Crippen LogP contribution in [0.5, 0.6) is 0 Å². The van der Waals surface area contributed by atoms with Crippen LogP contribution in [-0.4, -0.2) is 62.3 Å². The smallest absolute Gasteiger partial charge is 0.0594 e. The molecular formula is C13H26N2O. The molecule has 1 unspecified atom stereocenters. The van der Waals surface area contributed by atoms with Gasteiger partial charge in [-0.2, -0.15) is 0 Å². The highest BCUT2D eigenvalue weighted by Crippen LogP contribution is 2.12. The zero-order chi connectivity index (χ0) is 11.2. The minimum atomic E-state index is 0.802. The van der Waals surface area contributed by atoms with Crippen molar-refractivity contribution >= 4 is 0 Å². The normalized spacial score (nSPS) is 26.8. The Kier molecular flexibility index (Phi) is 5.07. The van der Waals surface area contributed by atoms with Crippen LogP contribution in [0.4, 0.5) is 0 Å². The SMILES string of the molecule is CC(CN1CCCCC1)CN1CCOCC1. The summed E-state index contributed by atoms with van der Waals surface area (Å²) in [7, 11) is 0. The molecule has 2 fully saturated rings. The third-order valence-corrected chi connectivity index (χ3v) is 3.69. The third kappa shape index (κ3) is 4.04. The van der Waals surface area contributed by atoms with Crippen molar-refractivity contribution in [2.75, 3.05) is 52.5 Å². The lowest BCUT2D eigenvalue weighted by molar-refractivity contribution is 0.0285. The lowest BCUT2D eigenvalue weighted by Crippen LogP contribution is -2.42. The topological polar surface area (TPSA) is 15.7 Å². The maximum absolute atomic E-state index is 5.38. The van der Waals surface area contributed by atoms with Gasteiger partial charge in [-0.15, -0.1) is 0 Å². The number of morpholine rings is 1. The van der Waals surface area contributed by atoms with Gasteiger partial charge in [0.25, 0.3) is 0 Å². The van der Waals surface area contributed by atoms with Gasteiger partial charge in [0.1, 0.15) is 0 Å². The lowest BCUT2D eigenvalue weighted by Gasteiger charge is -2.33. The van der Waals surface area contributed by atoms with Gasteiger partial charge in [-0.1, -0.05) is 13.3 Å². The zero-order valence-corrected chi connectivity index (χ0v) is 10.7. The molecule has 2 aliphatic heterocycles. The van der Waals surface area contributed by atoms with Gasteiger partial charge in [0, 0.05) is 26.2 Å². The summed E-state index contributed by atoms with van der Waals surface area (Å²) in [6.45, 7) is 11.7. The Morgan fingerprint density at radius 2 is 1.44 bits per heavy atom. The van der Waals surface area contributed by atoms with Gasteiger partial charge >= 0.3 is 0 Å². The highest BCUT2D eigenvalue weighted by Gasteiger charge is 2.17. The second-order valence-electron chi connectivity index (χ2n) is 5.38. The summed E-state index contributed by atoms with van der Waals surface area (Å²) in [5.41, 5.74) is 0. The highest BCUT2D eigenvalue weighted by molar-refractivity contribution is 4.71. The molecule has 0 aromatic carbocycles. The van der Waals surface area contributed by atoms with E-state index in [2.05, 4.69) is 16.7 Å². The minimum absolute atomic E-state index is 0.802. The molecule has 2 rings (SSSR count). The van der Waals surface area contributed by atoms with Crippen molar-refractivity contribution in [1.29, 1.82) is 0 Å². The van der Waals surface area contributed by atoms with Crippen molar-refractivity contribution < 1.29 is 4.74 Å². The highest BCUT2D eigenvalue weighted by atomic mass is 16.5. The van der Waals surface area contributed by atoms with E-state index < -0.39 is 0 Å². The van der Waals surface area contributed by atoms with Crippen molar-refractivity contribution in [3.05, 3.63) is 0 Å². The maximum Gasteiger partial charge on any atom is 0.0594 e. The van der Waals surface area contributed by atoms with Gasteiger partial charge in [0.15, 0.2) is 0 Å². The molecular weight excluding hydrogens is 200 g/mol. The second kappa shape index (κ2) is 6.58. The van der Waals surface area contributed by atoms with E-state index in [0.29, 0.717) is 0 Å². The first kappa shape index (κ1) is 12.3. The number of nitrogens with zero attached hydrogens (tertiary/aromatic N) is 2. The number of hydrogen-bond acceptors (Lipinski definition) is 3. The lowest BCUT2D eigenvalue weighted by atomic mass is 10.1. The van der Waals surface area contributed by atoms with E-state index >= 15 is 0 Å². The Hall–Kier alpha value is -0.120. The number of piperidine rings is 1. The molecule has 0 saturated carbocycles. The molecule has 0 aliphatic carbocycles. The van der Waals surface area contributed by atoms with Crippen LogP contribution in [0.1, 0.15) is 26.2 Å². The predicted molar refractivity (Wildman–Crippen MR) is 66.7 cm³/mol. The van der Waals surface area contributed by atoms with Gasteiger partial charge in [-0.05, 0) is 31.8 Å². The molecule has 0 aromatic heterocycles. The predicted octanol–water partition coefficient (Wildman–Crippen LogP) is 1.44. The molecule has 16 heavy (non-hydrogen) atoms. The molecule has 3 heteroatoms. The van der Waals surface area contributed by atoms with Gasteiger partial charge in [-0.3, -0.25) is 4.90 Å². The molecule has 94 valence electrons. The van der Waals surface area contributed by atoms with E-state index in [-0.39, 0.29) is 0 Å². The number of likely N-dealkylation sites (tertiary alicyclic amines) is 1. The fourth-order valence-electron chi connectivity index (χ4n) is 2.86. The van der Waals surface area contributed by atoms with Crippen LogP contribution in [0.15, 0.2) is 0 Å². The third-order valence-electron chi connectivity index (χ3n) is 3.69. The Balaban J connectivity index is 1.64. The average molecular weight is 226 g/mol. The van der Waals surface area contributed by atoms with Crippen molar-refractivity contribution in [3.8, 4) is 0 Å². The summed E-state index contributed by atoms with van der Waals surface area (Å²) < 4.78 is 5.38. The first-order valence-corrected chi connectivity index (χ1v) is 6.87. The van der Waals surface area contributed by atoms with Crippen LogP contribution < -0.4 is 0 Å². The summed E-state index contributed by atoms with van der Waals surface area (Å²) >= 11 is 0. The Bertz CT molecular complexity index is 166. The van der Waals surface area contributed by atoms with Crippen LogP contribution in [0.3, 0.4) is 0 Å². The Morgan fingerprint density at radius 1 is 0.875 bits per heavy atom. The Labute approximate surface area is 99.7 Å². The van der Waals surface area contributed by atoms with Gasteiger partial charge in [0.05, 0.1) is 13.2 Å². The maximum atomic E-state index is 5.38. The summed E-state index contributed by atoms with van der Waals surface area (Å²) in [5, 5.41) is 0. The first-order valence-electron chi connectivity index (χ1n) is 6.87. The van der Waals surface area contributed by atoms with E-state index in [4.69, 9.17) is 4.74 Å². The van der Waals surface area contributed by atoms with E-state index in [1.165, 1.54) is 45.4 Å². The average Bonchev–Trinajstić information content (AvgIpc) is 2.31. The van der Waals surface area contributed by atoms with Crippen LogP contribution >= 0.6 is 0 Å². The van der Waals surface area contributed by atoms with Crippen LogP contribution in [0.2, 0.25) is 0 Å². The number of rotatable bonds is 4. The molecule has 3 nitrogen and oxygen atoms in total. The molecule has 0 radical (unpaired) electrons. The summed E-state index contributed by atoms with van der Waals surface area (Å²) in [4.78, 5) is 5.20. The van der Waals surface area contributed by atoms with Crippen LogP contribution in [0, 0.1) is 5.92 Å². The first-order chi connectivity index (χ1) is 7.84. The number of hydrogen-bond donors (Lipinski definition) is 0. The van der Waals surface area contributed by atoms with Crippen molar-refractivity contribution in [2.24, 2.45) is 5.92 Å². The van der Waals surface area contributed by atoms with Crippen molar-refractivity contribution in [3.63, 3.8) is 0 Å². The number of ether oxygens (including phenoxy) is 1. The molecule has 0 amide bonds. The van der Waals surface area contributed by atoms with Crippen molar-refractivity contribution in [2.45, 2.75) is 26.2 Å². The van der Waals surface area contributed by atoms with Crippen LogP contribution in [-0.2, 0) is 4.74 Å². The molecule has 0 aromatic rings. The summed E-state index contributed by atoms with van der Waals surface area (Å²) in [5.74, 6) is 0.802. The second-order valence-corrected chi connectivity index (χ2v) is 5.38. The quantitative estimate of drug-likeness (QED) is 0.721. The van der Waals surface area contributed by atoms with Gasteiger partial charge in [0.2, 0.25) is 0 Å². The van der Waals surface area contributed by atoms with E-state index in [1.54, 1.807) is 0 Å². The van der Waals surface area contributed by atoms with Crippen molar-refractivity contribution in [1.82, 2.24) is 9.80 Å². The van der Waals surface area contributed by atoms with Gasteiger partial charge in [-0.25, -0.2) is 0 Å².